The summed E-state index contributed by atoms with van der Waals surface area (Å²) in [5.74, 6) is -2.62. The average Bonchev–Trinajstić information content (AvgIpc) is 3.14. The topological polar surface area (TPSA) is 49.4 Å². The molecule has 6 heteroatoms. The number of likely N-dealkylation sites (tertiary alicyclic amines) is 1. The molecule has 112 valence electrons. The van der Waals surface area contributed by atoms with Gasteiger partial charge in [0.25, 0.3) is 5.91 Å². The van der Waals surface area contributed by atoms with E-state index < -0.39 is 23.6 Å². The fourth-order valence-electron chi connectivity index (χ4n) is 2.60. The minimum absolute atomic E-state index is 0.0695. The first kappa shape index (κ1) is 14.0. The van der Waals surface area contributed by atoms with Crippen molar-refractivity contribution in [2.75, 3.05) is 6.54 Å². The molecule has 1 aliphatic heterocycles. The summed E-state index contributed by atoms with van der Waals surface area (Å²) in [5, 5.41) is 2.89. The molecule has 2 aliphatic rings. The van der Waals surface area contributed by atoms with Crippen molar-refractivity contribution >= 4 is 11.8 Å². The largest absolute Gasteiger partial charge is 0.352 e. The summed E-state index contributed by atoms with van der Waals surface area (Å²) in [6, 6.07) is 2.78. The summed E-state index contributed by atoms with van der Waals surface area (Å²) >= 11 is 0. The van der Waals surface area contributed by atoms with Gasteiger partial charge in [-0.2, -0.15) is 0 Å². The van der Waals surface area contributed by atoms with Gasteiger partial charge in [-0.05, 0) is 43.9 Å². The molecule has 3 rings (SSSR count). The van der Waals surface area contributed by atoms with Crippen molar-refractivity contribution in [2.45, 2.75) is 37.8 Å². The Morgan fingerprint density at radius 3 is 2.57 bits per heavy atom. The number of amides is 2. The molecular formula is C15H16F2N2O2. The highest BCUT2D eigenvalue weighted by atomic mass is 19.2. The second-order valence-electron chi connectivity index (χ2n) is 5.57. The number of hydrogen-bond donors (Lipinski definition) is 1. The molecule has 1 unspecified atom stereocenters. The molecule has 1 aliphatic carbocycles. The van der Waals surface area contributed by atoms with E-state index >= 15 is 0 Å². The van der Waals surface area contributed by atoms with Gasteiger partial charge in [0.05, 0.1) is 0 Å². The molecule has 0 spiro atoms. The van der Waals surface area contributed by atoms with Gasteiger partial charge in [-0.3, -0.25) is 9.59 Å². The van der Waals surface area contributed by atoms with Gasteiger partial charge in [-0.1, -0.05) is 0 Å². The van der Waals surface area contributed by atoms with E-state index in [1.807, 2.05) is 0 Å². The molecule has 1 aromatic rings. The highest BCUT2D eigenvalue weighted by Gasteiger charge is 2.36. The van der Waals surface area contributed by atoms with Crippen molar-refractivity contribution in [3.63, 3.8) is 0 Å². The minimum atomic E-state index is -1.06. The maximum atomic E-state index is 13.2. The van der Waals surface area contributed by atoms with Gasteiger partial charge >= 0.3 is 0 Å². The van der Waals surface area contributed by atoms with Crippen molar-refractivity contribution in [1.29, 1.82) is 0 Å². The molecule has 0 bridgehead atoms. The Labute approximate surface area is 121 Å². The molecule has 2 amide bonds. The first-order valence-electron chi connectivity index (χ1n) is 7.12. The Morgan fingerprint density at radius 1 is 1.14 bits per heavy atom. The summed E-state index contributed by atoms with van der Waals surface area (Å²) in [4.78, 5) is 26.0. The molecule has 4 nitrogen and oxygen atoms in total. The zero-order chi connectivity index (χ0) is 15.0. The monoisotopic (exact) mass is 294 g/mol. The third-order valence-electron chi connectivity index (χ3n) is 3.91. The molecule has 1 heterocycles. The van der Waals surface area contributed by atoms with Gasteiger partial charge in [0, 0.05) is 18.2 Å². The maximum absolute atomic E-state index is 13.2. The van der Waals surface area contributed by atoms with Crippen molar-refractivity contribution in [2.24, 2.45) is 0 Å². The van der Waals surface area contributed by atoms with E-state index in [-0.39, 0.29) is 17.5 Å². The van der Waals surface area contributed by atoms with Crippen molar-refractivity contribution in [1.82, 2.24) is 10.2 Å². The second kappa shape index (κ2) is 5.42. The van der Waals surface area contributed by atoms with Crippen molar-refractivity contribution in [3.05, 3.63) is 35.4 Å². The van der Waals surface area contributed by atoms with E-state index in [0.29, 0.717) is 13.0 Å². The van der Waals surface area contributed by atoms with Gasteiger partial charge in [0.1, 0.15) is 6.04 Å². The second-order valence-corrected chi connectivity index (χ2v) is 5.57. The molecule has 1 saturated carbocycles. The van der Waals surface area contributed by atoms with E-state index in [1.54, 1.807) is 0 Å². The number of nitrogens with zero attached hydrogens (tertiary/aromatic N) is 1. The quantitative estimate of drug-likeness (QED) is 0.925. The first-order chi connectivity index (χ1) is 10.1. The summed E-state index contributed by atoms with van der Waals surface area (Å²) in [6.45, 7) is 0.459. The summed E-state index contributed by atoms with van der Waals surface area (Å²) in [5.41, 5.74) is 0.0695. The first-order valence-corrected chi connectivity index (χ1v) is 7.12. The molecule has 1 aromatic carbocycles. The zero-order valence-electron chi connectivity index (χ0n) is 11.4. The van der Waals surface area contributed by atoms with Crippen LogP contribution in [0.25, 0.3) is 0 Å². The summed E-state index contributed by atoms with van der Waals surface area (Å²) in [7, 11) is 0. The number of carbonyl (C=O) groups is 2. The van der Waals surface area contributed by atoms with E-state index in [9.17, 15) is 18.4 Å². The van der Waals surface area contributed by atoms with Crippen LogP contribution in [0, 0.1) is 11.6 Å². The number of hydrogen-bond acceptors (Lipinski definition) is 2. The van der Waals surface area contributed by atoms with Crippen LogP contribution in [-0.4, -0.2) is 35.3 Å². The van der Waals surface area contributed by atoms with Crippen LogP contribution < -0.4 is 5.32 Å². The number of nitrogens with one attached hydrogen (secondary N) is 1. The smallest absolute Gasteiger partial charge is 0.254 e. The highest BCUT2D eigenvalue weighted by molar-refractivity contribution is 5.98. The van der Waals surface area contributed by atoms with Crippen LogP contribution in [0.4, 0.5) is 8.78 Å². The van der Waals surface area contributed by atoms with Crippen molar-refractivity contribution < 1.29 is 18.4 Å². The van der Waals surface area contributed by atoms with Gasteiger partial charge < -0.3 is 10.2 Å². The van der Waals surface area contributed by atoms with E-state index in [0.717, 1.165) is 31.4 Å². The standard InChI is InChI=1S/C15H16F2N2O2/c16-11-6-3-9(8-12(11)17)15(21)19-7-1-2-13(19)14(20)18-10-4-5-10/h3,6,8,10,13H,1-2,4-5,7H2,(H,18,20). The fraction of sp³-hybridized carbons (Fsp3) is 0.467. The molecular weight excluding hydrogens is 278 g/mol. The summed E-state index contributed by atoms with van der Waals surface area (Å²) in [6.07, 6.45) is 3.30. The summed E-state index contributed by atoms with van der Waals surface area (Å²) < 4.78 is 26.2. The Morgan fingerprint density at radius 2 is 1.90 bits per heavy atom. The molecule has 1 saturated heterocycles. The molecule has 1 N–H and O–H groups in total. The Balaban J connectivity index is 1.75. The molecule has 0 aromatic heterocycles. The van der Waals surface area contributed by atoms with E-state index in [4.69, 9.17) is 0 Å². The molecule has 2 fully saturated rings. The van der Waals surface area contributed by atoms with E-state index in [2.05, 4.69) is 5.32 Å². The van der Waals surface area contributed by atoms with E-state index in [1.165, 1.54) is 11.0 Å². The Bertz CT molecular complexity index is 587. The lowest BCUT2D eigenvalue weighted by Crippen LogP contribution is -2.46. The molecule has 21 heavy (non-hydrogen) atoms. The number of benzene rings is 1. The number of carbonyl (C=O) groups excluding carboxylic acids is 2. The Kier molecular flexibility index (Phi) is 3.61. The lowest BCUT2D eigenvalue weighted by molar-refractivity contribution is -0.125. The average molecular weight is 294 g/mol. The van der Waals surface area contributed by atoms with Gasteiger partial charge in [-0.15, -0.1) is 0 Å². The normalized spacial score (nSPS) is 21.4. The highest BCUT2D eigenvalue weighted by Crippen LogP contribution is 2.24. The van der Waals surface area contributed by atoms with Crippen LogP contribution in [0.5, 0.6) is 0 Å². The fourth-order valence-corrected chi connectivity index (χ4v) is 2.60. The van der Waals surface area contributed by atoms with Gasteiger partial charge in [-0.25, -0.2) is 8.78 Å². The number of halogens is 2. The van der Waals surface area contributed by atoms with Crippen LogP contribution in [0.3, 0.4) is 0 Å². The van der Waals surface area contributed by atoms with Crippen LogP contribution in [0.1, 0.15) is 36.0 Å². The lowest BCUT2D eigenvalue weighted by Gasteiger charge is -2.24. The predicted molar refractivity (Wildman–Crippen MR) is 71.6 cm³/mol. The van der Waals surface area contributed by atoms with Crippen LogP contribution in [-0.2, 0) is 4.79 Å². The van der Waals surface area contributed by atoms with Crippen LogP contribution in [0.2, 0.25) is 0 Å². The minimum Gasteiger partial charge on any atom is -0.352 e. The van der Waals surface area contributed by atoms with Crippen LogP contribution in [0.15, 0.2) is 18.2 Å². The van der Waals surface area contributed by atoms with Gasteiger partial charge in [0.15, 0.2) is 11.6 Å². The van der Waals surface area contributed by atoms with Crippen LogP contribution >= 0.6 is 0 Å². The van der Waals surface area contributed by atoms with Gasteiger partial charge in [0.2, 0.25) is 5.91 Å². The van der Waals surface area contributed by atoms with Crippen molar-refractivity contribution in [3.8, 4) is 0 Å². The third kappa shape index (κ3) is 2.89. The lowest BCUT2D eigenvalue weighted by atomic mass is 10.1. The predicted octanol–water partition coefficient (Wildman–Crippen LogP) is 1.85. The maximum Gasteiger partial charge on any atom is 0.254 e. The molecule has 0 radical (unpaired) electrons. The molecule has 1 atom stereocenters. The Hall–Kier alpha value is -1.98. The third-order valence-corrected chi connectivity index (χ3v) is 3.91. The zero-order valence-corrected chi connectivity index (χ0v) is 11.4. The number of rotatable bonds is 3. The SMILES string of the molecule is O=C(NC1CC1)C1CCCN1C(=O)c1ccc(F)c(F)c1.